The number of hydrogen-bond donors (Lipinski definition) is 1. The third-order valence-corrected chi connectivity index (χ3v) is 1.39. The van der Waals surface area contributed by atoms with E-state index in [1.54, 1.807) is 6.08 Å². The maximum atomic E-state index is 12.8. The fourth-order valence-electron chi connectivity index (χ4n) is 0.837. The van der Waals surface area contributed by atoms with Gasteiger partial charge in [-0.15, -0.1) is 0 Å². The fourth-order valence-corrected chi connectivity index (χ4v) is 0.837. The van der Waals surface area contributed by atoms with Gasteiger partial charge < -0.3 is 5.73 Å². The third-order valence-electron chi connectivity index (χ3n) is 1.39. The molecule has 12 heavy (non-hydrogen) atoms. The minimum Gasteiger partial charge on any atom is -0.327 e. The molecular formula is C9H9F2N. The van der Waals surface area contributed by atoms with Gasteiger partial charge in [0.2, 0.25) is 0 Å². The number of nitrogens with two attached hydrogens (primary N) is 1. The Bertz CT molecular complexity index is 295. The van der Waals surface area contributed by atoms with E-state index in [0.717, 1.165) is 18.2 Å². The van der Waals surface area contributed by atoms with E-state index < -0.39 is 11.6 Å². The summed E-state index contributed by atoms with van der Waals surface area (Å²) in [5, 5.41) is 0. The lowest BCUT2D eigenvalue weighted by atomic mass is 10.2. The van der Waals surface area contributed by atoms with Gasteiger partial charge in [0, 0.05) is 12.1 Å². The number of rotatable bonds is 2. The van der Waals surface area contributed by atoms with Crippen LogP contribution in [-0.2, 0) is 0 Å². The summed E-state index contributed by atoms with van der Waals surface area (Å²) in [6, 6.07) is 3.29. The van der Waals surface area contributed by atoms with Crippen molar-refractivity contribution in [1.82, 2.24) is 0 Å². The first-order valence-electron chi connectivity index (χ1n) is 3.55. The van der Waals surface area contributed by atoms with Gasteiger partial charge in [-0.25, -0.2) is 8.78 Å². The topological polar surface area (TPSA) is 26.0 Å². The normalized spacial score (nSPS) is 10.9. The standard InChI is InChI=1S/C9H9F2N/c10-8-3-4-9(11)7(6-8)2-1-5-12/h1-4,6H,5,12H2. The molecular weight excluding hydrogens is 160 g/mol. The molecule has 64 valence electrons. The second kappa shape index (κ2) is 3.97. The zero-order chi connectivity index (χ0) is 8.97. The molecule has 3 heteroatoms. The van der Waals surface area contributed by atoms with Gasteiger partial charge in [-0.1, -0.05) is 12.2 Å². The zero-order valence-corrected chi connectivity index (χ0v) is 6.43. The van der Waals surface area contributed by atoms with E-state index in [1.165, 1.54) is 6.08 Å². The van der Waals surface area contributed by atoms with Crippen molar-refractivity contribution in [3.05, 3.63) is 41.5 Å². The van der Waals surface area contributed by atoms with Crippen molar-refractivity contribution >= 4 is 6.08 Å². The monoisotopic (exact) mass is 169 g/mol. The molecule has 0 aromatic heterocycles. The Labute approximate surface area is 69.5 Å². The quantitative estimate of drug-likeness (QED) is 0.719. The van der Waals surface area contributed by atoms with Gasteiger partial charge in [0.1, 0.15) is 11.6 Å². The maximum Gasteiger partial charge on any atom is 0.130 e. The van der Waals surface area contributed by atoms with Crippen molar-refractivity contribution in [1.29, 1.82) is 0 Å². The summed E-state index contributed by atoms with van der Waals surface area (Å²) in [7, 11) is 0. The second-order valence-corrected chi connectivity index (χ2v) is 2.30. The molecule has 1 aromatic carbocycles. The molecule has 0 bridgehead atoms. The average Bonchev–Trinajstić information content (AvgIpc) is 2.07. The van der Waals surface area contributed by atoms with Crippen LogP contribution in [0.1, 0.15) is 5.56 Å². The summed E-state index contributed by atoms with van der Waals surface area (Å²) in [6.07, 6.45) is 3.02. The summed E-state index contributed by atoms with van der Waals surface area (Å²) in [5.41, 5.74) is 5.38. The van der Waals surface area contributed by atoms with Crippen LogP contribution in [0.4, 0.5) is 8.78 Å². The van der Waals surface area contributed by atoms with Gasteiger partial charge in [-0.3, -0.25) is 0 Å². The van der Waals surface area contributed by atoms with Crippen LogP contribution in [0.3, 0.4) is 0 Å². The van der Waals surface area contributed by atoms with Crippen LogP contribution in [0.2, 0.25) is 0 Å². The number of hydrogen-bond acceptors (Lipinski definition) is 1. The van der Waals surface area contributed by atoms with Crippen LogP contribution in [0.5, 0.6) is 0 Å². The molecule has 0 saturated carbocycles. The van der Waals surface area contributed by atoms with Gasteiger partial charge in [0.15, 0.2) is 0 Å². The summed E-state index contributed by atoms with van der Waals surface area (Å²) >= 11 is 0. The smallest absolute Gasteiger partial charge is 0.130 e. The van der Waals surface area contributed by atoms with Gasteiger partial charge in [0.25, 0.3) is 0 Å². The molecule has 1 rings (SSSR count). The molecule has 2 N–H and O–H groups in total. The molecule has 0 saturated heterocycles. The molecule has 0 radical (unpaired) electrons. The lowest BCUT2D eigenvalue weighted by molar-refractivity contribution is 0.598. The Morgan fingerprint density at radius 2 is 2.08 bits per heavy atom. The minimum absolute atomic E-state index is 0.223. The largest absolute Gasteiger partial charge is 0.327 e. The second-order valence-electron chi connectivity index (χ2n) is 2.30. The highest BCUT2D eigenvalue weighted by atomic mass is 19.1. The summed E-state index contributed by atoms with van der Waals surface area (Å²) < 4.78 is 25.4. The predicted molar refractivity (Wildman–Crippen MR) is 44.4 cm³/mol. The van der Waals surface area contributed by atoms with Gasteiger partial charge >= 0.3 is 0 Å². The molecule has 0 aliphatic heterocycles. The molecule has 0 spiro atoms. The first-order chi connectivity index (χ1) is 5.74. The Balaban J connectivity index is 2.97. The summed E-state index contributed by atoms with van der Waals surface area (Å²) in [5.74, 6) is -0.894. The number of halogens is 2. The van der Waals surface area contributed by atoms with Crippen molar-refractivity contribution < 1.29 is 8.78 Å². The lowest BCUT2D eigenvalue weighted by Gasteiger charge is -1.95. The van der Waals surface area contributed by atoms with Crippen LogP contribution in [-0.4, -0.2) is 6.54 Å². The van der Waals surface area contributed by atoms with Crippen molar-refractivity contribution in [3.8, 4) is 0 Å². The van der Waals surface area contributed by atoms with Gasteiger partial charge in [-0.2, -0.15) is 0 Å². The molecule has 0 aliphatic carbocycles. The van der Waals surface area contributed by atoms with Crippen molar-refractivity contribution in [2.75, 3.05) is 6.54 Å². The Morgan fingerprint density at radius 1 is 1.33 bits per heavy atom. The Hall–Kier alpha value is -1.22. The lowest BCUT2D eigenvalue weighted by Crippen LogP contribution is -1.92. The highest BCUT2D eigenvalue weighted by Crippen LogP contribution is 2.10. The predicted octanol–water partition coefficient (Wildman–Crippen LogP) is 1.94. The first kappa shape index (κ1) is 8.87. The average molecular weight is 169 g/mol. The molecule has 0 amide bonds. The SMILES string of the molecule is NCC=Cc1cc(F)ccc1F. The van der Waals surface area contributed by atoms with Crippen molar-refractivity contribution in [2.45, 2.75) is 0 Å². The zero-order valence-electron chi connectivity index (χ0n) is 6.43. The van der Waals surface area contributed by atoms with E-state index in [9.17, 15) is 8.78 Å². The van der Waals surface area contributed by atoms with E-state index in [4.69, 9.17) is 5.73 Å². The molecule has 1 nitrogen and oxygen atoms in total. The molecule has 0 aliphatic rings. The van der Waals surface area contributed by atoms with Crippen molar-refractivity contribution in [2.24, 2.45) is 5.73 Å². The Morgan fingerprint density at radius 3 is 2.75 bits per heavy atom. The van der Waals surface area contributed by atoms with Crippen molar-refractivity contribution in [3.63, 3.8) is 0 Å². The molecule has 1 aromatic rings. The highest BCUT2D eigenvalue weighted by molar-refractivity contribution is 5.49. The summed E-state index contributed by atoms with van der Waals surface area (Å²) in [4.78, 5) is 0. The highest BCUT2D eigenvalue weighted by Gasteiger charge is 1.98. The van der Waals surface area contributed by atoms with Crippen LogP contribution in [0, 0.1) is 11.6 Å². The molecule has 0 heterocycles. The third kappa shape index (κ3) is 2.13. The molecule has 0 atom stereocenters. The minimum atomic E-state index is -0.451. The van der Waals surface area contributed by atoms with Gasteiger partial charge in [-0.05, 0) is 18.2 Å². The summed E-state index contributed by atoms with van der Waals surface area (Å²) in [6.45, 7) is 0.315. The van der Waals surface area contributed by atoms with Gasteiger partial charge in [0.05, 0.1) is 0 Å². The Kier molecular flexibility index (Phi) is 2.94. The number of benzene rings is 1. The molecule has 0 unspecified atom stereocenters. The van der Waals surface area contributed by atoms with E-state index in [-0.39, 0.29) is 5.56 Å². The van der Waals surface area contributed by atoms with E-state index in [1.807, 2.05) is 0 Å². The fraction of sp³-hybridized carbons (Fsp3) is 0.111. The first-order valence-corrected chi connectivity index (χ1v) is 3.55. The van der Waals surface area contributed by atoms with E-state index in [2.05, 4.69) is 0 Å². The molecule has 0 fully saturated rings. The van der Waals surface area contributed by atoms with Crippen LogP contribution in [0.25, 0.3) is 6.08 Å². The maximum absolute atomic E-state index is 12.8. The van der Waals surface area contributed by atoms with Crippen LogP contribution < -0.4 is 5.73 Å². The van der Waals surface area contributed by atoms with E-state index >= 15 is 0 Å². The van der Waals surface area contributed by atoms with Crippen LogP contribution >= 0.6 is 0 Å². The van der Waals surface area contributed by atoms with Crippen LogP contribution in [0.15, 0.2) is 24.3 Å². The van der Waals surface area contributed by atoms with E-state index in [0.29, 0.717) is 6.54 Å².